The van der Waals surface area contributed by atoms with Crippen LogP contribution >= 0.6 is 0 Å². The van der Waals surface area contributed by atoms with Gasteiger partial charge >= 0.3 is 0 Å². The number of aromatic nitrogens is 4. The molecule has 0 saturated carbocycles. The first-order chi connectivity index (χ1) is 17.2. The number of aliphatic hydroxyl groups is 2. The van der Waals surface area contributed by atoms with E-state index in [1.165, 1.54) is 17.9 Å². The summed E-state index contributed by atoms with van der Waals surface area (Å²) in [6.07, 6.45) is -3.94. The summed E-state index contributed by atoms with van der Waals surface area (Å²) >= 11 is 0. The second-order valence-corrected chi connectivity index (χ2v) is 8.49. The summed E-state index contributed by atoms with van der Waals surface area (Å²) in [7, 11) is 1.40. The van der Waals surface area contributed by atoms with Crippen LogP contribution in [0.3, 0.4) is 0 Å². The van der Waals surface area contributed by atoms with E-state index in [-0.39, 0.29) is 41.3 Å². The fourth-order valence-electron chi connectivity index (χ4n) is 3.87. The molecular weight excluding hydrogens is 466 g/mol. The van der Waals surface area contributed by atoms with E-state index in [0.717, 1.165) is 0 Å². The van der Waals surface area contributed by atoms with Gasteiger partial charge in [-0.25, -0.2) is 15.0 Å². The largest absolute Gasteiger partial charge is 0.387 e. The second-order valence-electron chi connectivity index (χ2n) is 8.49. The molecule has 0 spiro atoms. The van der Waals surface area contributed by atoms with Crippen LogP contribution in [-0.4, -0.2) is 84.4 Å². The Hall–Kier alpha value is -4.05. The van der Waals surface area contributed by atoms with Crippen LogP contribution in [0.4, 0.5) is 5.82 Å². The van der Waals surface area contributed by atoms with Gasteiger partial charge in [0.15, 0.2) is 23.8 Å². The van der Waals surface area contributed by atoms with E-state index in [1.54, 1.807) is 29.2 Å². The Morgan fingerprint density at radius 3 is 2.61 bits per heavy atom. The van der Waals surface area contributed by atoms with Gasteiger partial charge in [-0.3, -0.25) is 14.2 Å². The van der Waals surface area contributed by atoms with Gasteiger partial charge in [0.1, 0.15) is 17.7 Å². The molecule has 36 heavy (non-hydrogen) atoms. The zero-order chi connectivity index (χ0) is 26.0. The smallest absolute Gasteiger partial charge is 0.254 e. The van der Waals surface area contributed by atoms with Gasteiger partial charge in [-0.05, 0) is 31.9 Å². The molecule has 2 aromatic heterocycles. The molecule has 12 nitrogen and oxygen atoms in total. The molecule has 12 heteroatoms. The van der Waals surface area contributed by atoms with Crippen LogP contribution in [0, 0.1) is 11.8 Å². The lowest BCUT2D eigenvalue weighted by Crippen LogP contribution is -2.41. The molecule has 4 rings (SSSR count). The fourth-order valence-corrected chi connectivity index (χ4v) is 3.87. The number of nitrogens with zero attached hydrogens (tertiary/aromatic N) is 5. The first-order valence-corrected chi connectivity index (χ1v) is 11.3. The third-order valence-corrected chi connectivity index (χ3v) is 5.82. The molecule has 1 saturated heterocycles. The highest BCUT2D eigenvalue weighted by molar-refractivity contribution is 5.94. The summed E-state index contributed by atoms with van der Waals surface area (Å²) in [5.41, 5.74) is 7.07. The highest BCUT2D eigenvalue weighted by atomic mass is 16.6. The highest BCUT2D eigenvalue weighted by Gasteiger charge is 2.47. The molecule has 2 amide bonds. The number of hydrogen-bond acceptors (Lipinski definition) is 9. The number of anilines is 1. The molecule has 5 N–H and O–H groups in total. The Kier molecular flexibility index (Phi) is 7.16. The van der Waals surface area contributed by atoms with Crippen LogP contribution in [0.2, 0.25) is 0 Å². The summed E-state index contributed by atoms with van der Waals surface area (Å²) in [5, 5.41) is 23.2. The maximum atomic E-state index is 12.9. The number of likely N-dealkylation sites (N-methyl/N-ethyl adjacent to an activating group) is 1. The number of nitrogens with two attached hydrogens (primary N) is 1. The van der Waals surface area contributed by atoms with Crippen LogP contribution in [-0.2, 0) is 9.53 Å². The Morgan fingerprint density at radius 2 is 1.94 bits per heavy atom. The molecule has 0 aliphatic carbocycles. The van der Waals surface area contributed by atoms with Crippen molar-refractivity contribution in [1.29, 1.82) is 0 Å². The number of carbonyl (C=O) groups is 2. The van der Waals surface area contributed by atoms with Crippen LogP contribution in [0.15, 0.2) is 36.7 Å². The predicted octanol–water partition coefficient (Wildman–Crippen LogP) is -0.324. The van der Waals surface area contributed by atoms with Crippen molar-refractivity contribution in [3.8, 4) is 11.8 Å². The van der Waals surface area contributed by atoms with Crippen LogP contribution in [0.5, 0.6) is 0 Å². The summed E-state index contributed by atoms with van der Waals surface area (Å²) in [6, 6.07) is 8.83. The van der Waals surface area contributed by atoms with Crippen LogP contribution in [0.25, 0.3) is 11.2 Å². The number of benzene rings is 1. The average Bonchev–Trinajstić information content (AvgIpc) is 3.42. The Bertz CT molecular complexity index is 1330. The van der Waals surface area contributed by atoms with Crippen LogP contribution < -0.4 is 11.1 Å². The maximum Gasteiger partial charge on any atom is 0.254 e. The topological polar surface area (TPSA) is 169 Å². The molecule has 1 unspecified atom stereocenters. The Labute approximate surface area is 207 Å². The van der Waals surface area contributed by atoms with Crippen molar-refractivity contribution in [2.45, 2.75) is 44.4 Å². The number of hydrogen-bond donors (Lipinski definition) is 4. The normalized spacial score (nSPS) is 21.3. The third-order valence-electron chi connectivity index (χ3n) is 5.82. The number of nitrogens with one attached hydrogen (secondary N) is 1. The van der Waals surface area contributed by atoms with Crippen LogP contribution in [0.1, 0.15) is 36.3 Å². The van der Waals surface area contributed by atoms with Gasteiger partial charge in [0.2, 0.25) is 5.82 Å². The lowest BCUT2D eigenvalue weighted by atomic mass is 10.1. The first kappa shape index (κ1) is 25.1. The van der Waals surface area contributed by atoms with Gasteiger partial charge in [0, 0.05) is 18.7 Å². The predicted molar refractivity (Wildman–Crippen MR) is 129 cm³/mol. The average molecular weight is 494 g/mol. The monoisotopic (exact) mass is 493 g/mol. The third kappa shape index (κ3) is 4.72. The summed E-state index contributed by atoms with van der Waals surface area (Å²) < 4.78 is 6.98. The highest BCUT2D eigenvalue weighted by Crippen LogP contribution is 2.32. The number of amides is 2. The van der Waals surface area contributed by atoms with Crippen molar-refractivity contribution in [3.05, 3.63) is 48.0 Å². The number of ether oxygens (including phenoxy) is 1. The van der Waals surface area contributed by atoms with E-state index in [9.17, 15) is 19.8 Å². The maximum absolute atomic E-state index is 12.9. The molecule has 1 aliphatic rings. The Balaban J connectivity index is 1.60. The van der Waals surface area contributed by atoms with Crippen molar-refractivity contribution in [1.82, 2.24) is 29.7 Å². The SMILES string of the molecule is CNC(=O)[C@H]1O[C@@H](n2cnc3c(N)nc(C#CCN(C(=O)c4ccccc4)C(C)C)nc32)[C@H](O)C1O. The molecule has 4 atom stereocenters. The number of rotatable bonds is 5. The minimum atomic E-state index is -1.45. The number of aliphatic hydroxyl groups excluding tert-OH is 2. The molecule has 0 bridgehead atoms. The van der Waals surface area contributed by atoms with Gasteiger partial charge in [0.25, 0.3) is 11.8 Å². The number of nitrogen functional groups attached to an aromatic ring is 1. The zero-order valence-electron chi connectivity index (χ0n) is 20.0. The van der Waals surface area contributed by atoms with Crippen molar-refractivity contribution < 1.29 is 24.5 Å². The van der Waals surface area contributed by atoms with E-state index < -0.39 is 30.4 Å². The molecule has 1 aliphatic heterocycles. The lowest BCUT2D eigenvalue weighted by molar-refractivity contribution is -0.137. The lowest BCUT2D eigenvalue weighted by Gasteiger charge is -2.24. The van der Waals surface area contributed by atoms with Gasteiger partial charge in [-0.1, -0.05) is 24.1 Å². The minimum absolute atomic E-state index is 0.0556. The standard InChI is InChI=1S/C24H27N7O5/c1-13(2)30(23(35)14-8-5-4-6-9-14)11-7-10-15-28-20(25)16-21(29-15)31(12-27-16)24-18(33)17(32)19(36-24)22(34)26-3/h4-6,8-9,12-13,17-19,24,32-33H,11H2,1-3H3,(H,26,34)(H2,25,28,29)/t17?,18-,19+,24-/m1/s1. The quantitative estimate of drug-likeness (QED) is 0.348. The van der Waals surface area contributed by atoms with Crippen molar-refractivity contribution in [2.24, 2.45) is 0 Å². The zero-order valence-corrected chi connectivity index (χ0v) is 20.0. The van der Waals surface area contributed by atoms with E-state index in [2.05, 4.69) is 32.1 Å². The van der Waals surface area contributed by atoms with Gasteiger partial charge < -0.3 is 30.9 Å². The van der Waals surface area contributed by atoms with Crippen molar-refractivity contribution >= 4 is 28.8 Å². The van der Waals surface area contributed by atoms with Crippen molar-refractivity contribution in [2.75, 3.05) is 19.3 Å². The second kappa shape index (κ2) is 10.3. The van der Waals surface area contributed by atoms with E-state index in [1.807, 2.05) is 19.9 Å². The minimum Gasteiger partial charge on any atom is -0.387 e. The molecule has 3 aromatic rings. The molecule has 1 aromatic carbocycles. The number of carbonyl (C=O) groups excluding carboxylic acids is 2. The fraction of sp³-hybridized carbons (Fsp3) is 0.375. The van der Waals surface area contributed by atoms with Crippen molar-refractivity contribution in [3.63, 3.8) is 0 Å². The summed E-state index contributed by atoms with van der Waals surface area (Å²) in [4.78, 5) is 39.2. The van der Waals surface area contributed by atoms with E-state index >= 15 is 0 Å². The number of fused-ring (bicyclic) bond motifs is 1. The molecule has 188 valence electrons. The van der Waals surface area contributed by atoms with Gasteiger partial charge in [-0.2, -0.15) is 0 Å². The molecule has 3 heterocycles. The molecule has 1 fully saturated rings. The van der Waals surface area contributed by atoms with E-state index in [0.29, 0.717) is 5.56 Å². The molecular formula is C24H27N7O5. The van der Waals surface area contributed by atoms with Gasteiger partial charge in [0.05, 0.1) is 12.9 Å². The summed E-state index contributed by atoms with van der Waals surface area (Å²) in [6.45, 7) is 3.93. The number of imidazole rings is 1. The summed E-state index contributed by atoms with van der Waals surface area (Å²) in [5.74, 6) is 5.16. The van der Waals surface area contributed by atoms with Gasteiger partial charge in [-0.15, -0.1) is 0 Å². The Morgan fingerprint density at radius 1 is 1.22 bits per heavy atom. The first-order valence-electron chi connectivity index (χ1n) is 11.3. The van der Waals surface area contributed by atoms with E-state index in [4.69, 9.17) is 10.5 Å². The molecule has 0 radical (unpaired) electrons.